The van der Waals surface area contributed by atoms with Gasteiger partial charge in [0, 0.05) is 25.5 Å². The standard InChI is InChI=1S/C26H30N4O2S.ClH/c1-18(2)21-7-9-22(10-8-21)32-16-24(31)30(14-5-13-29-15-12-27-17-29)26-28-25-20(4)19(3)6-11-23(25)33-26;/h6-12,15,17-18H,5,13-14,16H2,1-4H3;1H. The molecule has 0 N–H and O–H groups in total. The summed E-state index contributed by atoms with van der Waals surface area (Å²) >= 11 is 1.55. The van der Waals surface area contributed by atoms with Gasteiger partial charge in [-0.2, -0.15) is 0 Å². The van der Waals surface area contributed by atoms with Crippen LogP contribution in [-0.2, 0) is 11.3 Å². The van der Waals surface area contributed by atoms with E-state index in [1.165, 1.54) is 11.1 Å². The summed E-state index contributed by atoms with van der Waals surface area (Å²) in [6.07, 6.45) is 6.28. The molecule has 0 spiro atoms. The van der Waals surface area contributed by atoms with Crippen molar-refractivity contribution in [2.24, 2.45) is 0 Å². The normalized spacial score (nSPS) is 11.0. The molecule has 8 heteroatoms. The minimum atomic E-state index is -0.0954. The van der Waals surface area contributed by atoms with Crippen molar-refractivity contribution in [1.82, 2.24) is 14.5 Å². The zero-order chi connectivity index (χ0) is 23.4. The van der Waals surface area contributed by atoms with Crippen LogP contribution in [0.25, 0.3) is 10.2 Å². The van der Waals surface area contributed by atoms with Crippen molar-refractivity contribution < 1.29 is 9.53 Å². The fourth-order valence-corrected chi connectivity index (χ4v) is 4.73. The predicted octanol–water partition coefficient (Wildman–Crippen LogP) is 6.16. The smallest absolute Gasteiger partial charge is 0.266 e. The number of ether oxygens (including phenoxy) is 1. The number of thiazole rings is 1. The second-order valence-electron chi connectivity index (χ2n) is 8.56. The summed E-state index contributed by atoms with van der Waals surface area (Å²) in [6.45, 7) is 9.79. The third kappa shape index (κ3) is 5.96. The van der Waals surface area contributed by atoms with Crippen LogP contribution in [0.15, 0.2) is 55.1 Å². The fourth-order valence-electron chi connectivity index (χ4n) is 3.66. The number of carbonyl (C=O) groups is 1. The molecule has 1 amide bonds. The molecule has 0 aliphatic rings. The lowest BCUT2D eigenvalue weighted by Gasteiger charge is -2.20. The van der Waals surface area contributed by atoms with Gasteiger partial charge in [-0.25, -0.2) is 9.97 Å². The topological polar surface area (TPSA) is 60.2 Å². The number of anilines is 1. The van der Waals surface area contributed by atoms with Gasteiger partial charge in [-0.3, -0.25) is 9.69 Å². The zero-order valence-electron chi connectivity index (χ0n) is 20.0. The van der Waals surface area contributed by atoms with Gasteiger partial charge in [-0.15, -0.1) is 12.4 Å². The third-order valence-electron chi connectivity index (χ3n) is 5.87. The predicted molar refractivity (Wildman–Crippen MR) is 142 cm³/mol. The Morgan fingerprint density at radius 3 is 2.59 bits per heavy atom. The molecular weight excluding hydrogens is 468 g/mol. The summed E-state index contributed by atoms with van der Waals surface area (Å²) in [6, 6.07) is 12.1. The van der Waals surface area contributed by atoms with Gasteiger partial charge < -0.3 is 9.30 Å². The second kappa shape index (κ2) is 11.5. The first-order chi connectivity index (χ1) is 15.9. The molecule has 0 saturated heterocycles. The monoisotopic (exact) mass is 498 g/mol. The van der Waals surface area contributed by atoms with E-state index in [0.717, 1.165) is 28.7 Å². The minimum Gasteiger partial charge on any atom is -0.484 e. The summed E-state index contributed by atoms with van der Waals surface area (Å²) in [4.78, 5) is 24.0. The molecule has 2 aromatic carbocycles. The number of aromatic nitrogens is 3. The van der Waals surface area contributed by atoms with Crippen LogP contribution < -0.4 is 9.64 Å². The SMILES string of the molecule is Cc1ccc2sc(N(CCCn3ccnc3)C(=O)COc3ccc(C(C)C)cc3)nc2c1C.Cl. The van der Waals surface area contributed by atoms with E-state index in [1.54, 1.807) is 28.8 Å². The minimum absolute atomic E-state index is 0. The van der Waals surface area contributed by atoms with Crippen LogP contribution in [0.5, 0.6) is 5.75 Å². The Morgan fingerprint density at radius 2 is 1.91 bits per heavy atom. The quantitative estimate of drug-likeness (QED) is 0.277. The highest BCUT2D eigenvalue weighted by Gasteiger charge is 2.21. The van der Waals surface area contributed by atoms with Gasteiger partial charge in [-0.05, 0) is 61.1 Å². The Kier molecular flexibility index (Phi) is 8.69. The molecule has 34 heavy (non-hydrogen) atoms. The van der Waals surface area contributed by atoms with Gasteiger partial charge in [0.25, 0.3) is 5.91 Å². The molecule has 6 nitrogen and oxygen atoms in total. The summed E-state index contributed by atoms with van der Waals surface area (Å²) in [7, 11) is 0. The highest BCUT2D eigenvalue weighted by Crippen LogP contribution is 2.32. The number of amides is 1. The van der Waals surface area contributed by atoms with Crippen molar-refractivity contribution in [3.63, 3.8) is 0 Å². The maximum Gasteiger partial charge on any atom is 0.266 e. The average Bonchev–Trinajstić information content (AvgIpc) is 3.48. The Hall–Kier alpha value is -2.90. The summed E-state index contributed by atoms with van der Waals surface area (Å²) in [5.74, 6) is 1.06. The molecule has 0 atom stereocenters. The van der Waals surface area contributed by atoms with Gasteiger partial charge in [0.2, 0.25) is 0 Å². The van der Waals surface area contributed by atoms with E-state index in [9.17, 15) is 4.79 Å². The maximum absolute atomic E-state index is 13.3. The van der Waals surface area contributed by atoms with Crippen molar-refractivity contribution in [3.05, 3.63) is 71.8 Å². The van der Waals surface area contributed by atoms with E-state index in [4.69, 9.17) is 9.72 Å². The summed E-state index contributed by atoms with van der Waals surface area (Å²) in [5, 5.41) is 0.716. The Labute approximate surface area is 211 Å². The second-order valence-corrected chi connectivity index (χ2v) is 9.57. The number of nitrogens with zero attached hydrogens (tertiary/aromatic N) is 4. The summed E-state index contributed by atoms with van der Waals surface area (Å²) < 4.78 is 8.95. The van der Waals surface area contributed by atoms with Crippen LogP contribution >= 0.6 is 23.7 Å². The van der Waals surface area contributed by atoms with Crippen molar-refractivity contribution in [2.45, 2.75) is 46.6 Å². The van der Waals surface area contributed by atoms with Crippen molar-refractivity contribution in [2.75, 3.05) is 18.1 Å². The van der Waals surface area contributed by atoms with Gasteiger partial charge in [-0.1, -0.05) is 43.4 Å². The molecule has 2 heterocycles. The number of fused-ring (bicyclic) bond motifs is 1. The first kappa shape index (κ1) is 25.7. The van der Waals surface area contributed by atoms with Crippen LogP contribution in [0, 0.1) is 13.8 Å². The number of benzene rings is 2. The van der Waals surface area contributed by atoms with Crippen molar-refractivity contribution >= 4 is 45.0 Å². The molecule has 0 saturated carbocycles. The van der Waals surface area contributed by atoms with Gasteiger partial charge in [0.15, 0.2) is 11.7 Å². The lowest BCUT2D eigenvalue weighted by molar-refractivity contribution is -0.120. The number of aryl methyl sites for hydroxylation is 3. The van der Waals surface area contributed by atoms with Crippen LogP contribution in [0.2, 0.25) is 0 Å². The Bertz CT molecular complexity index is 1220. The van der Waals surface area contributed by atoms with Crippen LogP contribution in [0.4, 0.5) is 5.13 Å². The highest BCUT2D eigenvalue weighted by atomic mass is 35.5. The molecule has 0 bridgehead atoms. The largest absolute Gasteiger partial charge is 0.484 e. The van der Waals surface area contributed by atoms with E-state index >= 15 is 0 Å². The maximum atomic E-state index is 13.3. The molecule has 0 radical (unpaired) electrons. The fraction of sp³-hybridized carbons (Fsp3) is 0.346. The molecule has 180 valence electrons. The number of halogens is 1. The van der Waals surface area contributed by atoms with Crippen LogP contribution in [0.3, 0.4) is 0 Å². The number of carbonyl (C=O) groups excluding carboxylic acids is 1. The summed E-state index contributed by atoms with van der Waals surface area (Å²) in [5.41, 5.74) is 4.57. The lowest BCUT2D eigenvalue weighted by atomic mass is 10.0. The first-order valence-electron chi connectivity index (χ1n) is 11.3. The van der Waals surface area contributed by atoms with Crippen molar-refractivity contribution in [3.8, 4) is 5.75 Å². The van der Waals surface area contributed by atoms with E-state index in [1.807, 2.05) is 35.0 Å². The number of hydrogen-bond acceptors (Lipinski definition) is 5. The molecule has 4 aromatic rings. The molecule has 0 aliphatic carbocycles. The number of imidazole rings is 1. The van der Waals surface area contributed by atoms with Gasteiger partial charge in [0.05, 0.1) is 16.5 Å². The molecule has 2 aromatic heterocycles. The molecule has 0 aliphatic heterocycles. The average molecular weight is 499 g/mol. The molecular formula is C26H31ClN4O2S. The molecule has 0 fully saturated rings. The Morgan fingerprint density at radius 1 is 1.15 bits per heavy atom. The van der Waals surface area contributed by atoms with Gasteiger partial charge >= 0.3 is 0 Å². The number of hydrogen-bond donors (Lipinski definition) is 0. The molecule has 0 unspecified atom stereocenters. The highest BCUT2D eigenvalue weighted by molar-refractivity contribution is 7.22. The Balaban J connectivity index is 0.00000324. The number of rotatable bonds is 9. The molecule has 4 rings (SSSR count). The third-order valence-corrected chi connectivity index (χ3v) is 6.92. The van der Waals surface area contributed by atoms with Crippen LogP contribution in [0.1, 0.15) is 42.9 Å². The van der Waals surface area contributed by atoms with E-state index in [0.29, 0.717) is 23.3 Å². The van der Waals surface area contributed by atoms with Crippen LogP contribution in [-0.4, -0.2) is 33.6 Å². The van der Waals surface area contributed by atoms with E-state index in [-0.39, 0.29) is 24.9 Å². The van der Waals surface area contributed by atoms with Crippen molar-refractivity contribution in [1.29, 1.82) is 0 Å². The first-order valence-corrected chi connectivity index (χ1v) is 12.1. The lowest BCUT2D eigenvalue weighted by Crippen LogP contribution is -2.36. The van der Waals surface area contributed by atoms with E-state index < -0.39 is 0 Å². The zero-order valence-corrected chi connectivity index (χ0v) is 21.7. The van der Waals surface area contributed by atoms with E-state index in [2.05, 4.69) is 44.8 Å². The van der Waals surface area contributed by atoms with Gasteiger partial charge in [0.1, 0.15) is 5.75 Å².